The molecule has 0 saturated carbocycles. The molecular formula is C21H25ClN3NaO3S2. The summed E-state index contributed by atoms with van der Waals surface area (Å²) in [5.74, 6) is 0.327. The van der Waals surface area contributed by atoms with E-state index in [1.54, 1.807) is 36.0 Å². The minimum absolute atomic E-state index is 0. The molecule has 0 atom stereocenters. The van der Waals surface area contributed by atoms with Crippen LogP contribution in [0.5, 0.6) is 0 Å². The van der Waals surface area contributed by atoms with E-state index in [0.717, 1.165) is 12.3 Å². The molecule has 0 aliphatic heterocycles. The Balaban J connectivity index is 0.00000156. The summed E-state index contributed by atoms with van der Waals surface area (Å²) in [5.41, 5.74) is 0.586. The second-order valence-corrected chi connectivity index (χ2v) is 8.43. The Kier molecular flexibility index (Phi) is 11.8. The largest absolute Gasteiger partial charge is 1.00 e. The first-order chi connectivity index (χ1) is 14.4. The van der Waals surface area contributed by atoms with Crippen molar-refractivity contribution in [3.63, 3.8) is 0 Å². The van der Waals surface area contributed by atoms with Crippen LogP contribution in [0.25, 0.3) is 21.9 Å². The number of nitrogens with zero attached hydrogens (tertiary/aromatic N) is 3. The second kappa shape index (κ2) is 13.0. The van der Waals surface area contributed by atoms with Gasteiger partial charge in [0.25, 0.3) is 0 Å². The first-order valence-electron chi connectivity index (χ1n) is 9.48. The minimum atomic E-state index is -1.26. The predicted molar refractivity (Wildman–Crippen MR) is 128 cm³/mol. The van der Waals surface area contributed by atoms with Crippen LogP contribution in [0.1, 0.15) is 13.8 Å². The van der Waals surface area contributed by atoms with E-state index < -0.39 is 12.5 Å². The number of halogens is 1. The second-order valence-electron chi connectivity index (χ2n) is 6.22. The average molecular weight is 490 g/mol. The van der Waals surface area contributed by atoms with E-state index in [4.69, 9.17) is 11.6 Å². The van der Waals surface area contributed by atoms with E-state index in [-0.39, 0.29) is 35.0 Å². The molecule has 2 heterocycles. The van der Waals surface area contributed by atoms with Crippen molar-refractivity contribution in [2.75, 3.05) is 36.8 Å². The number of rotatable bonds is 7. The van der Waals surface area contributed by atoms with Crippen molar-refractivity contribution >= 4 is 68.8 Å². The normalized spacial score (nSPS) is 10.4. The van der Waals surface area contributed by atoms with Crippen LogP contribution in [-0.2, 0) is 11.3 Å². The Morgan fingerprint density at radius 3 is 2.42 bits per heavy atom. The van der Waals surface area contributed by atoms with Gasteiger partial charge in [-0.3, -0.25) is 4.79 Å². The summed E-state index contributed by atoms with van der Waals surface area (Å²) in [6, 6.07) is 6.77. The molecule has 0 aliphatic rings. The fourth-order valence-electron chi connectivity index (χ4n) is 3.10. The molecular weight excluding hydrogens is 465 g/mol. The monoisotopic (exact) mass is 489 g/mol. The predicted octanol–water partition coefficient (Wildman–Crippen LogP) is 0.504. The van der Waals surface area contributed by atoms with Gasteiger partial charge in [-0.2, -0.15) is 11.8 Å². The number of thioether (sulfide) groups is 2. The zero-order valence-corrected chi connectivity index (χ0v) is 23.1. The van der Waals surface area contributed by atoms with Gasteiger partial charge in [-0.1, -0.05) is 25.4 Å². The van der Waals surface area contributed by atoms with E-state index in [9.17, 15) is 14.7 Å². The fourth-order valence-corrected chi connectivity index (χ4v) is 4.62. The molecule has 6 nitrogen and oxygen atoms in total. The Morgan fingerprint density at radius 2 is 1.84 bits per heavy atom. The van der Waals surface area contributed by atoms with E-state index in [1.165, 1.54) is 16.3 Å². The molecule has 2 aromatic heterocycles. The third-order valence-electron chi connectivity index (χ3n) is 4.47. The van der Waals surface area contributed by atoms with Crippen LogP contribution in [0.2, 0.25) is 5.02 Å². The molecule has 0 bridgehead atoms. The summed E-state index contributed by atoms with van der Waals surface area (Å²) < 4.78 is 1.52. The Hall–Kier alpha value is -0.900. The van der Waals surface area contributed by atoms with Crippen LogP contribution < -0.4 is 45.0 Å². The molecule has 31 heavy (non-hydrogen) atoms. The third kappa shape index (κ3) is 6.12. The van der Waals surface area contributed by atoms with Crippen LogP contribution in [0.15, 0.2) is 34.0 Å². The number of hydrogen-bond acceptors (Lipinski definition) is 7. The molecule has 162 valence electrons. The number of carboxylic acid groups (broad SMARTS) is 1. The van der Waals surface area contributed by atoms with E-state index >= 15 is 0 Å². The van der Waals surface area contributed by atoms with Gasteiger partial charge in [0.15, 0.2) is 5.43 Å². The molecule has 10 heteroatoms. The van der Waals surface area contributed by atoms with Gasteiger partial charge in [-0.15, -0.1) is 11.8 Å². The summed E-state index contributed by atoms with van der Waals surface area (Å²) in [4.78, 5) is 31.8. The molecule has 0 saturated heterocycles. The topological polar surface area (TPSA) is 78.3 Å². The summed E-state index contributed by atoms with van der Waals surface area (Å²) in [6.45, 7) is 4.35. The van der Waals surface area contributed by atoms with Crippen LogP contribution in [0, 0.1) is 0 Å². The molecule has 0 spiro atoms. The molecule has 0 aliphatic carbocycles. The SMILES string of the molecule is CC.CSCCN(C)c1ccc2c(=O)c3ccc(Cl)c(SC)c3n(CC(=O)[O-])c2n1.[Na+]. The molecule has 1 aromatic carbocycles. The molecule has 0 unspecified atom stereocenters. The number of aliphatic carboxylic acids is 1. The summed E-state index contributed by atoms with van der Waals surface area (Å²) in [7, 11) is 1.91. The average Bonchev–Trinajstić information content (AvgIpc) is 2.75. The van der Waals surface area contributed by atoms with Crippen molar-refractivity contribution in [2.24, 2.45) is 0 Å². The third-order valence-corrected chi connectivity index (χ3v) is 6.31. The summed E-state index contributed by atoms with van der Waals surface area (Å²) in [5, 5.41) is 12.7. The molecule has 0 N–H and O–H groups in total. The van der Waals surface area contributed by atoms with Gasteiger partial charge in [-0.25, -0.2) is 4.98 Å². The number of aromatic nitrogens is 2. The molecule has 0 radical (unpaired) electrons. The fraction of sp³-hybridized carbons (Fsp3) is 0.381. The van der Waals surface area contributed by atoms with Crippen LogP contribution in [-0.4, -0.2) is 47.4 Å². The van der Waals surface area contributed by atoms with Gasteiger partial charge in [0.1, 0.15) is 11.5 Å². The molecule has 0 amide bonds. The van der Waals surface area contributed by atoms with Crippen molar-refractivity contribution in [1.29, 1.82) is 0 Å². The van der Waals surface area contributed by atoms with Crippen molar-refractivity contribution in [2.45, 2.75) is 25.3 Å². The maximum atomic E-state index is 13.1. The van der Waals surface area contributed by atoms with Crippen molar-refractivity contribution < 1.29 is 39.5 Å². The maximum Gasteiger partial charge on any atom is 1.00 e. The standard InChI is InChI=1S/C19H20ClN3O3S2.C2H6.Na/c1-22(8-9-27-2)14-7-5-12-17(26)11-4-6-13(20)18(28-3)16(11)23(10-15(24)25)19(12)21-14;1-2;/h4-7H,8-10H2,1-3H3,(H,24,25);1-2H3;/q;;+1/p-1. The van der Waals surface area contributed by atoms with Gasteiger partial charge in [0, 0.05) is 24.7 Å². The Bertz CT molecular complexity index is 1120. The van der Waals surface area contributed by atoms with Crippen molar-refractivity contribution in [3.8, 4) is 0 Å². The summed E-state index contributed by atoms with van der Waals surface area (Å²) >= 11 is 9.41. The smallest absolute Gasteiger partial charge is 0.548 e. The quantitative estimate of drug-likeness (QED) is 0.272. The van der Waals surface area contributed by atoms with E-state index in [0.29, 0.717) is 37.7 Å². The maximum absolute atomic E-state index is 13.1. The number of fused-ring (bicyclic) bond motifs is 2. The van der Waals surface area contributed by atoms with Crippen LogP contribution >= 0.6 is 35.1 Å². The van der Waals surface area contributed by atoms with Gasteiger partial charge in [0.05, 0.1) is 33.3 Å². The molecule has 0 fully saturated rings. The Morgan fingerprint density at radius 1 is 1.19 bits per heavy atom. The van der Waals surface area contributed by atoms with E-state index in [1.807, 2.05) is 38.3 Å². The van der Waals surface area contributed by atoms with Crippen LogP contribution in [0.3, 0.4) is 0 Å². The van der Waals surface area contributed by atoms with E-state index in [2.05, 4.69) is 4.98 Å². The molecule has 3 aromatic rings. The number of carbonyl (C=O) groups is 1. The van der Waals surface area contributed by atoms with Gasteiger partial charge in [-0.05, 0) is 36.8 Å². The zero-order valence-electron chi connectivity index (χ0n) is 18.7. The number of carboxylic acids is 1. The number of hydrogen-bond donors (Lipinski definition) is 0. The summed E-state index contributed by atoms with van der Waals surface area (Å²) in [6.07, 6.45) is 3.86. The van der Waals surface area contributed by atoms with Crippen molar-refractivity contribution in [3.05, 3.63) is 39.5 Å². The number of anilines is 1. The number of pyridine rings is 2. The first kappa shape index (κ1) is 28.1. The Labute approximate surface area is 218 Å². The van der Waals surface area contributed by atoms with Gasteiger partial charge < -0.3 is 19.4 Å². The van der Waals surface area contributed by atoms with Gasteiger partial charge in [0.2, 0.25) is 0 Å². The number of carbonyl (C=O) groups excluding carboxylic acids is 1. The van der Waals surface area contributed by atoms with Crippen molar-refractivity contribution in [1.82, 2.24) is 9.55 Å². The van der Waals surface area contributed by atoms with Crippen LogP contribution in [0.4, 0.5) is 5.82 Å². The zero-order chi connectivity index (χ0) is 22.4. The van der Waals surface area contributed by atoms with Gasteiger partial charge >= 0.3 is 29.6 Å². The number of benzene rings is 1. The first-order valence-corrected chi connectivity index (χ1v) is 12.5. The molecule has 3 rings (SSSR count). The minimum Gasteiger partial charge on any atom is -0.548 e.